The van der Waals surface area contributed by atoms with Crippen molar-refractivity contribution in [3.05, 3.63) is 34.6 Å². The molecule has 1 N–H and O–H groups in total. The Bertz CT molecular complexity index is 726. The molecule has 0 aliphatic carbocycles. The summed E-state index contributed by atoms with van der Waals surface area (Å²) in [7, 11) is 0. The van der Waals surface area contributed by atoms with Gasteiger partial charge in [0.15, 0.2) is 0 Å². The van der Waals surface area contributed by atoms with E-state index in [9.17, 15) is 18.8 Å². The molecular formula is C22H33FN2O3. The van der Waals surface area contributed by atoms with Crippen LogP contribution in [0.4, 0.5) is 4.39 Å². The van der Waals surface area contributed by atoms with Crippen LogP contribution in [0.2, 0.25) is 0 Å². The van der Waals surface area contributed by atoms with Gasteiger partial charge in [0, 0.05) is 18.5 Å². The van der Waals surface area contributed by atoms with Gasteiger partial charge in [-0.15, -0.1) is 0 Å². The summed E-state index contributed by atoms with van der Waals surface area (Å²) >= 11 is 0. The predicted octanol–water partition coefficient (Wildman–Crippen LogP) is 4.40. The second-order valence-corrected chi connectivity index (χ2v) is 7.82. The van der Waals surface area contributed by atoms with E-state index in [2.05, 4.69) is 26.1 Å². The van der Waals surface area contributed by atoms with E-state index in [0.29, 0.717) is 17.5 Å². The number of hydrogen-bond acceptors (Lipinski definition) is 3. The van der Waals surface area contributed by atoms with Gasteiger partial charge >= 0.3 is 0 Å². The molecule has 1 atom stereocenters. The fourth-order valence-corrected chi connectivity index (χ4v) is 3.05. The summed E-state index contributed by atoms with van der Waals surface area (Å²) in [5.74, 6) is -0.670. The smallest absolute Gasteiger partial charge is 0.255 e. The number of fused-ring (bicyclic) bond motifs is 1. The van der Waals surface area contributed by atoms with Crippen LogP contribution in [0, 0.1) is 11.7 Å². The van der Waals surface area contributed by atoms with Gasteiger partial charge in [-0.3, -0.25) is 19.7 Å². The number of carbonyl (C=O) groups excluding carboxylic acids is 3. The van der Waals surface area contributed by atoms with Gasteiger partial charge in [0.2, 0.25) is 11.8 Å². The maximum Gasteiger partial charge on any atom is 0.255 e. The van der Waals surface area contributed by atoms with Gasteiger partial charge in [0.25, 0.3) is 5.91 Å². The molecule has 3 amide bonds. The fraction of sp³-hybridized carbons (Fsp3) is 0.591. The number of benzene rings is 1. The molecule has 6 heteroatoms. The van der Waals surface area contributed by atoms with E-state index in [0.717, 1.165) is 11.5 Å². The number of imide groups is 1. The molecule has 2 aliphatic rings. The average Bonchev–Trinajstić information content (AvgIpc) is 2.91. The van der Waals surface area contributed by atoms with E-state index >= 15 is 0 Å². The molecule has 2 heterocycles. The summed E-state index contributed by atoms with van der Waals surface area (Å²) < 4.78 is 14.1. The Labute approximate surface area is 167 Å². The lowest BCUT2D eigenvalue weighted by Crippen LogP contribution is -2.52. The van der Waals surface area contributed by atoms with Crippen molar-refractivity contribution in [1.29, 1.82) is 0 Å². The molecule has 1 aromatic rings. The molecule has 0 bridgehead atoms. The zero-order valence-corrected chi connectivity index (χ0v) is 18.1. The maximum atomic E-state index is 14.1. The van der Waals surface area contributed by atoms with E-state index in [-0.39, 0.29) is 30.7 Å². The number of rotatable bonds is 2. The molecule has 0 aromatic heterocycles. The molecule has 1 fully saturated rings. The largest absolute Gasteiger partial charge is 0.322 e. The zero-order valence-electron chi connectivity index (χ0n) is 18.1. The minimum absolute atomic E-state index is 0.0186. The van der Waals surface area contributed by atoms with E-state index in [1.54, 1.807) is 6.07 Å². The highest BCUT2D eigenvalue weighted by molar-refractivity contribution is 6.05. The Morgan fingerprint density at radius 3 is 2.14 bits per heavy atom. The first-order valence-electron chi connectivity index (χ1n) is 10.1. The second kappa shape index (κ2) is 10.3. The van der Waals surface area contributed by atoms with Gasteiger partial charge in [-0.05, 0) is 35.4 Å². The zero-order chi connectivity index (χ0) is 21.6. The minimum atomic E-state index is -0.664. The fourth-order valence-electron chi connectivity index (χ4n) is 3.05. The summed E-state index contributed by atoms with van der Waals surface area (Å²) in [6.45, 7) is 14.6. The second-order valence-electron chi connectivity index (χ2n) is 7.82. The van der Waals surface area contributed by atoms with Crippen LogP contribution < -0.4 is 5.32 Å². The molecule has 5 nitrogen and oxygen atoms in total. The molecule has 0 spiro atoms. The van der Waals surface area contributed by atoms with Crippen molar-refractivity contribution < 1.29 is 18.8 Å². The Morgan fingerprint density at radius 2 is 1.64 bits per heavy atom. The predicted molar refractivity (Wildman–Crippen MR) is 108 cm³/mol. The van der Waals surface area contributed by atoms with Crippen LogP contribution >= 0.6 is 0 Å². The third kappa shape index (κ3) is 5.63. The summed E-state index contributed by atoms with van der Waals surface area (Å²) in [5.41, 5.74) is 1.61. The number of carbonyl (C=O) groups is 3. The molecule has 1 aromatic carbocycles. The SMILES string of the molecule is CC.CC(C)C.CC(C)c1cc2c(cc1F)C(=O)N(C1CCC(=O)NC1=O)C2. The molecule has 156 valence electrons. The molecule has 28 heavy (non-hydrogen) atoms. The van der Waals surface area contributed by atoms with Gasteiger partial charge in [-0.25, -0.2) is 4.39 Å². The van der Waals surface area contributed by atoms with Gasteiger partial charge in [0.1, 0.15) is 11.9 Å². The normalized spacial score (nSPS) is 18.3. The van der Waals surface area contributed by atoms with E-state index in [1.807, 2.05) is 27.7 Å². The first kappa shape index (κ1) is 23.8. The number of amides is 3. The minimum Gasteiger partial charge on any atom is -0.322 e. The van der Waals surface area contributed by atoms with Crippen molar-refractivity contribution >= 4 is 17.7 Å². The number of nitrogens with one attached hydrogen (secondary N) is 1. The van der Waals surface area contributed by atoms with Crippen LogP contribution in [0.3, 0.4) is 0 Å². The Morgan fingerprint density at radius 1 is 1.07 bits per heavy atom. The topological polar surface area (TPSA) is 66.5 Å². The highest BCUT2D eigenvalue weighted by atomic mass is 19.1. The van der Waals surface area contributed by atoms with E-state index in [1.165, 1.54) is 11.0 Å². The quantitative estimate of drug-likeness (QED) is 0.759. The van der Waals surface area contributed by atoms with Crippen LogP contribution in [0.1, 0.15) is 88.7 Å². The molecule has 2 aliphatic heterocycles. The highest BCUT2D eigenvalue weighted by Gasteiger charge is 2.39. The molecular weight excluding hydrogens is 359 g/mol. The first-order valence-corrected chi connectivity index (χ1v) is 10.1. The molecule has 0 radical (unpaired) electrons. The Balaban J connectivity index is 0.000000583. The van der Waals surface area contributed by atoms with Gasteiger partial charge in [0.05, 0.1) is 0 Å². The van der Waals surface area contributed by atoms with Crippen LogP contribution in [-0.2, 0) is 16.1 Å². The van der Waals surface area contributed by atoms with Gasteiger partial charge in [-0.2, -0.15) is 0 Å². The van der Waals surface area contributed by atoms with Crippen molar-refractivity contribution in [1.82, 2.24) is 10.2 Å². The molecule has 1 saturated heterocycles. The molecule has 0 saturated carbocycles. The number of piperidine rings is 1. The summed E-state index contributed by atoms with van der Waals surface area (Å²) in [4.78, 5) is 37.0. The third-order valence-corrected chi connectivity index (χ3v) is 4.26. The van der Waals surface area contributed by atoms with Crippen LogP contribution in [0.5, 0.6) is 0 Å². The highest BCUT2D eigenvalue weighted by Crippen LogP contribution is 2.31. The van der Waals surface area contributed by atoms with E-state index in [4.69, 9.17) is 0 Å². The van der Waals surface area contributed by atoms with Crippen molar-refractivity contribution in [2.75, 3.05) is 0 Å². The van der Waals surface area contributed by atoms with Crippen molar-refractivity contribution in [2.24, 2.45) is 5.92 Å². The monoisotopic (exact) mass is 392 g/mol. The van der Waals surface area contributed by atoms with Crippen molar-refractivity contribution in [2.45, 2.75) is 79.8 Å². The maximum absolute atomic E-state index is 14.1. The van der Waals surface area contributed by atoms with Crippen molar-refractivity contribution in [3.63, 3.8) is 0 Å². The van der Waals surface area contributed by atoms with Crippen LogP contribution in [-0.4, -0.2) is 28.7 Å². The third-order valence-electron chi connectivity index (χ3n) is 4.26. The lowest BCUT2D eigenvalue weighted by molar-refractivity contribution is -0.136. The van der Waals surface area contributed by atoms with Crippen LogP contribution in [0.15, 0.2) is 12.1 Å². The Hall–Kier alpha value is -2.24. The Kier molecular flexibility index (Phi) is 8.79. The summed E-state index contributed by atoms with van der Waals surface area (Å²) in [5, 5.41) is 2.25. The number of nitrogens with zero attached hydrogens (tertiary/aromatic N) is 1. The molecule has 1 unspecified atom stereocenters. The summed E-state index contributed by atoms with van der Waals surface area (Å²) in [6, 6.07) is 2.31. The number of halogens is 1. The number of hydrogen-bond donors (Lipinski definition) is 1. The van der Waals surface area contributed by atoms with Gasteiger partial charge in [-0.1, -0.05) is 54.5 Å². The first-order chi connectivity index (χ1) is 13.1. The lowest BCUT2D eigenvalue weighted by atomic mass is 9.98. The van der Waals surface area contributed by atoms with Crippen LogP contribution in [0.25, 0.3) is 0 Å². The van der Waals surface area contributed by atoms with E-state index < -0.39 is 17.8 Å². The lowest BCUT2D eigenvalue weighted by Gasteiger charge is -2.29. The summed E-state index contributed by atoms with van der Waals surface area (Å²) in [6.07, 6.45) is 0.520. The average molecular weight is 393 g/mol. The van der Waals surface area contributed by atoms with Crippen molar-refractivity contribution in [3.8, 4) is 0 Å². The standard InChI is InChI=1S/C16H17FN2O3.C4H10.C2H6/c1-8(2)10-5-9-7-19(16(22)11(9)6-12(10)17)13-3-4-14(20)18-15(13)21;1-4(2)3;1-2/h5-6,8,13H,3-4,7H2,1-2H3,(H,18,20,21);4H,1-3H3;1-2H3. The molecule has 3 rings (SSSR count). The van der Waals surface area contributed by atoms with Gasteiger partial charge < -0.3 is 4.90 Å².